The molecule has 2 heteroatoms. The molecule has 0 bridgehead atoms. The SMILES string of the molecule is CC1=C2CC/C(C)=C/CCC(C)C(=O)CC/C(C)=C/C2OC1. The Bertz CT molecular complexity index is 508. The first kappa shape index (κ1) is 17.2. The Kier molecular flexibility index (Phi) is 6.19. The quantitative estimate of drug-likeness (QED) is 0.578. The summed E-state index contributed by atoms with van der Waals surface area (Å²) < 4.78 is 5.93. The maximum atomic E-state index is 12.2. The number of ketones is 1. The minimum Gasteiger partial charge on any atom is -0.365 e. The molecule has 2 atom stereocenters. The molecule has 22 heavy (non-hydrogen) atoms. The Morgan fingerprint density at radius 3 is 2.55 bits per heavy atom. The zero-order valence-electron chi connectivity index (χ0n) is 14.6. The fraction of sp³-hybridized carbons (Fsp3) is 0.650. The summed E-state index contributed by atoms with van der Waals surface area (Å²) in [4.78, 5) is 12.2. The van der Waals surface area contributed by atoms with E-state index in [4.69, 9.17) is 4.74 Å². The van der Waals surface area contributed by atoms with Gasteiger partial charge >= 0.3 is 0 Å². The summed E-state index contributed by atoms with van der Waals surface area (Å²) in [5.41, 5.74) is 5.55. The van der Waals surface area contributed by atoms with Gasteiger partial charge < -0.3 is 4.74 Å². The maximum Gasteiger partial charge on any atom is 0.136 e. The van der Waals surface area contributed by atoms with Gasteiger partial charge in [-0.3, -0.25) is 4.79 Å². The highest BCUT2D eigenvalue weighted by molar-refractivity contribution is 5.80. The minimum atomic E-state index is 0.128. The van der Waals surface area contributed by atoms with E-state index >= 15 is 0 Å². The molecule has 0 radical (unpaired) electrons. The molecule has 1 aliphatic carbocycles. The number of hydrogen-bond acceptors (Lipinski definition) is 2. The lowest BCUT2D eigenvalue weighted by Crippen LogP contribution is -2.12. The Morgan fingerprint density at radius 1 is 1.05 bits per heavy atom. The highest BCUT2D eigenvalue weighted by atomic mass is 16.5. The van der Waals surface area contributed by atoms with Crippen LogP contribution in [0.4, 0.5) is 0 Å². The van der Waals surface area contributed by atoms with Crippen LogP contribution in [-0.4, -0.2) is 18.5 Å². The Morgan fingerprint density at radius 2 is 1.77 bits per heavy atom. The lowest BCUT2D eigenvalue weighted by Gasteiger charge is -2.15. The van der Waals surface area contributed by atoms with Gasteiger partial charge in [-0.05, 0) is 64.0 Å². The van der Waals surface area contributed by atoms with Crippen molar-refractivity contribution in [3.05, 3.63) is 34.4 Å². The third kappa shape index (κ3) is 4.67. The predicted molar refractivity (Wildman–Crippen MR) is 91.8 cm³/mol. The first-order valence-corrected chi connectivity index (χ1v) is 8.63. The van der Waals surface area contributed by atoms with Crippen molar-refractivity contribution in [1.29, 1.82) is 0 Å². The molecule has 2 unspecified atom stereocenters. The van der Waals surface area contributed by atoms with E-state index in [1.54, 1.807) is 0 Å². The molecule has 1 aliphatic heterocycles. The van der Waals surface area contributed by atoms with E-state index in [1.165, 1.54) is 22.3 Å². The molecule has 0 fully saturated rings. The van der Waals surface area contributed by atoms with Crippen molar-refractivity contribution in [3.8, 4) is 0 Å². The molecule has 2 rings (SSSR count). The molecule has 0 N–H and O–H groups in total. The fourth-order valence-electron chi connectivity index (χ4n) is 3.24. The van der Waals surface area contributed by atoms with E-state index in [0.717, 1.165) is 38.7 Å². The van der Waals surface area contributed by atoms with Gasteiger partial charge in [0.25, 0.3) is 0 Å². The zero-order chi connectivity index (χ0) is 16.1. The number of carbonyl (C=O) groups is 1. The first-order valence-electron chi connectivity index (χ1n) is 8.63. The van der Waals surface area contributed by atoms with Gasteiger partial charge in [0.15, 0.2) is 0 Å². The van der Waals surface area contributed by atoms with Gasteiger partial charge in [0.1, 0.15) is 5.78 Å². The topological polar surface area (TPSA) is 26.3 Å². The van der Waals surface area contributed by atoms with Crippen LogP contribution < -0.4 is 0 Å². The van der Waals surface area contributed by atoms with Crippen molar-refractivity contribution in [2.45, 2.75) is 72.3 Å². The Labute approximate surface area is 135 Å². The van der Waals surface area contributed by atoms with Crippen molar-refractivity contribution in [2.75, 3.05) is 6.61 Å². The van der Waals surface area contributed by atoms with Crippen LogP contribution in [0.15, 0.2) is 34.4 Å². The lowest BCUT2D eigenvalue weighted by molar-refractivity contribution is -0.122. The third-order valence-electron chi connectivity index (χ3n) is 5.00. The molecule has 0 aromatic rings. The van der Waals surface area contributed by atoms with E-state index < -0.39 is 0 Å². The lowest BCUT2D eigenvalue weighted by atomic mass is 9.92. The molecule has 2 aliphatic rings. The Hall–Kier alpha value is -1.15. The van der Waals surface area contributed by atoms with Crippen molar-refractivity contribution in [3.63, 3.8) is 0 Å². The molecule has 2 nitrogen and oxygen atoms in total. The molecule has 1 heterocycles. The van der Waals surface area contributed by atoms with Crippen LogP contribution in [-0.2, 0) is 9.53 Å². The average molecular weight is 302 g/mol. The summed E-state index contributed by atoms with van der Waals surface area (Å²) in [6, 6.07) is 0. The number of fused-ring (bicyclic) bond motifs is 1. The average Bonchev–Trinajstić information content (AvgIpc) is 2.82. The van der Waals surface area contributed by atoms with Gasteiger partial charge in [-0.25, -0.2) is 0 Å². The number of Topliss-reactive ketones (excluding diaryl/α,β-unsaturated/α-hetero) is 1. The molecule has 0 amide bonds. The summed E-state index contributed by atoms with van der Waals surface area (Å²) in [5, 5.41) is 0. The minimum absolute atomic E-state index is 0.128. The van der Waals surface area contributed by atoms with E-state index in [1.807, 2.05) is 0 Å². The van der Waals surface area contributed by atoms with Crippen LogP contribution >= 0.6 is 0 Å². The van der Waals surface area contributed by atoms with Crippen LogP contribution in [0.25, 0.3) is 0 Å². The molecule has 0 spiro atoms. The molecule has 0 aromatic carbocycles. The van der Waals surface area contributed by atoms with E-state index in [9.17, 15) is 4.79 Å². The van der Waals surface area contributed by atoms with Crippen molar-refractivity contribution in [1.82, 2.24) is 0 Å². The number of hydrogen-bond donors (Lipinski definition) is 0. The molecular weight excluding hydrogens is 272 g/mol. The highest BCUT2D eigenvalue weighted by Crippen LogP contribution is 2.29. The molecule has 0 saturated carbocycles. The van der Waals surface area contributed by atoms with Gasteiger partial charge in [0.2, 0.25) is 0 Å². The molecule has 0 saturated heterocycles. The number of allylic oxidation sites excluding steroid dienone is 3. The summed E-state index contributed by atoms with van der Waals surface area (Å²) >= 11 is 0. The van der Waals surface area contributed by atoms with Crippen molar-refractivity contribution in [2.24, 2.45) is 5.92 Å². The Balaban J connectivity index is 2.17. The van der Waals surface area contributed by atoms with E-state index in [0.29, 0.717) is 12.2 Å². The fourth-order valence-corrected chi connectivity index (χ4v) is 3.24. The van der Waals surface area contributed by atoms with Gasteiger partial charge in [-0.1, -0.05) is 30.2 Å². The summed E-state index contributed by atoms with van der Waals surface area (Å²) in [6.07, 6.45) is 10.4. The monoisotopic (exact) mass is 302 g/mol. The highest BCUT2D eigenvalue weighted by Gasteiger charge is 2.22. The second-order valence-electron chi connectivity index (χ2n) is 7.05. The number of carbonyl (C=O) groups excluding carboxylic acids is 1. The van der Waals surface area contributed by atoms with Gasteiger partial charge in [-0.15, -0.1) is 0 Å². The van der Waals surface area contributed by atoms with Gasteiger partial charge in [0, 0.05) is 12.3 Å². The van der Waals surface area contributed by atoms with Crippen LogP contribution in [0.3, 0.4) is 0 Å². The maximum absolute atomic E-state index is 12.2. The molecular formula is C20H30O2. The number of ether oxygens (including phenoxy) is 1. The van der Waals surface area contributed by atoms with E-state index in [-0.39, 0.29) is 12.0 Å². The smallest absolute Gasteiger partial charge is 0.136 e. The van der Waals surface area contributed by atoms with Crippen LogP contribution in [0.5, 0.6) is 0 Å². The second-order valence-corrected chi connectivity index (χ2v) is 7.05. The zero-order valence-corrected chi connectivity index (χ0v) is 14.6. The summed E-state index contributed by atoms with van der Waals surface area (Å²) in [7, 11) is 0. The summed E-state index contributed by atoms with van der Waals surface area (Å²) in [5.74, 6) is 0.579. The van der Waals surface area contributed by atoms with Gasteiger partial charge in [-0.2, -0.15) is 0 Å². The first-order chi connectivity index (χ1) is 10.5. The predicted octanol–water partition coefficient (Wildman–Crippen LogP) is 5.15. The largest absolute Gasteiger partial charge is 0.365 e. The van der Waals surface area contributed by atoms with Crippen molar-refractivity contribution < 1.29 is 9.53 Å². The van der Waals surface area contributed by atoms with Gasteiger partial charge in [0.05, 0.1) is 12.7 Å². The number of rotatable bonds is 0. The van der Waals surface area contributed by atoms with Crippen molar-refractivity contribution >= 4 is 5.78 Å². The second kappa shape index (κ2) is 7.92. The molecule has 122 valence electrons. The van der Waals surface area contributed by atoms with Crippen LogP contribution in [0.2, 0.25) is 0 Å². The van der Waals surface area contributed by atoms with Crippen LogP contribution in [0, 0.1) is 5.92 Å². The van der Waals surface area contributed by atoms with Crippen LogP contribution in [0.1, 0.15) is 66.2 Å². The summed E-state index contributed by atoms with van der Waals surface area (Å²) in [6.45, 7) is 9.35. The van der Waals surface area contributed by atoms with E-state index in [2.05, 4.69) is 39.8 Å². The standard InChI is InChI=1S/C20H30O2/c1-14-6-5-7-16(3)19(21)11-9-15(2)12-20-18(10-8-14)17(4)13-22-20/h6,12,16,20H,5,7-11,13H2,1-4H3/b14-6+,15-12+. The third-order valence-corrected chi connectivity index (χ3v) is 5.00. The normalized spacial score (nSPS) is 33.5. The molecule has 0 aromatic heterocycles.